The number of anilines is 1. The highest BCUT2D eigenvalue weighted by atomic mass is 35.5. The van der Waals surface area contributed by atoms with Crippen LogP contribution in [0.1, 0.15) is 6.92 Å². The molecule has 5 nitrogen and oxygen atoms in total. The van der Waals surface area contributed by atoms with Gasteiger partial charge in [0.05, 0.1) is 6.61 Å². The smallest absolute Gasteiger partial charge is 0.313 e. The molecule has 0 aliphatic heterocycles. The minimum atomic E-state index is -0.729. The Morgan fingerprint density at radius 2 is 1.94 bits per heavy atom. The van der Waals surface area contributed by atoms with Crippen LogP contribution in [0.3, 0.4) is 0 Å². The van der Waals surface area contributed by atoms with Crippen molar-refractivity contribution in [3.63, 3.8) is 0 Å². The summed E-state index contributed by atoms with van der Waals surface area (Å²) >= 11 is 5.71. The number of likely N-dealkylation sites (N-methyl/N-ethyl adjacent to an activating group) is 1. The van der Waals surface area contributed by atoms with Gasteiger partial charge < -0.3 is 15.3 Å². The fraction of sp³-hybridized carbons (Fsp3) is 0.333. The number of aliphatic hydroxyl groups excluding tert-OH is 1. The number of halogens is 1. The second-order valence-electron chi connectivity index (χ2n) is 3.57. The van der Waals surface area contributed by atoms with Crippen molar-refractivity contribution in [2.45, 2.75) is 6.92 Å². The third kappa shape index (κ3) is 4.01. The van der Waals surface area contributed by atoms with Crippen LogP contribution in [0.4, 0.5) is 5.69 Å². The van der Waals surface area contributed by atoms with E-state index in [1.165, 1.54) is 4.90 Å². The molecule has 0 fully saturated rings. The van der Waals surface area contributed by atoms with E-state index in [1.807, 2.05) is 0 Å². The number of aliphatic hydroxyl groups is 1. The van der Waals surface area contributed by atoms with Crippen molar-refractivity contribution in [2.75, 3.05) is 25.0 Å². The predicted molar refractivity (Wildman–Crippen MR) is 69.4 cm³/mol. The maximum Gasteiger partial charge on any atom is 0.313 e. The first-order chi connectivity index (χ1) is 8.58. The zero-order valence-corrected chi connectivity index (χ0v) is 10.8. The molecule has 0 atom stereocenters. The predicted octanol–water partition coefficient (Wildman–Crippen LogP) is 1.12. The monoisotopic (exact) mass is 270 g/mol. The first-order valence-corrected chi connectivity index (χ1v) is 5.93. The molecule has 18 heavy (non-hydrogen) atoms. The largest absolute Gasteiger partial charge is 0.395 e. The van der Waals surface area contributed by atoms with Gasteiger partial charge in [-0.3, -0.25) is 9.59 Å². The molecule has 0 bridgehead atoms. The molecule has 2 N–H and O–H groups in total. The van der Waals surface area contributed by atoms with E-state index in [-0.39, 0.29) is 13.2 Å². The Kier molecular flexibility index (Phi) is 5.61. The van der Waals surface area contributed by atoms with E-state index in [4.69, 9.17) is 16.7 Å². The van der Waals surface area contributed by atoms with Gasteiger partial charge in [-0.05, 0) is 31.2 Å². The minimum absolute atomic E-state index is 0.142. The van der Waals surface area contributed by atoms with Gasteiger partial charge in [0.15, 0.2) is 0 Å². The lowest BCUT2D eigenvalue weighted by atomic mass is 10.3. The highest BCUT2D eigenvalue weighted by molar-refractivity contribution is 6.39. The number of rotatable bonds is 4. The van der Waals surface area contributed by atoms with Crippen LogP contribution in [-0.2, 0) is 9.59 Å². The standard InChI is InChI=1S/C12H15ClN2O3/c1-2-15(7-8-16)12(18)11(17)14-10-5-3-9(13)4-6-10/h3-6,16H,2,7-8H2,1H3,(H,14,17). The van der Waals surface area contributed by atoms with E-state index in [9.17, 15) is 9.59 Å². The molecule has 0 radical (unpaired) electrons. The summed E-state index contributed by atoms with van der Waals surface area (Å²) in [5.41, 5.74) is 0.498. The molecule has 1 aromatic carbocycles. The second kappa shape index (κ2) is 6.98. The number of nitrogens with zero attached hydrogens (tertiary/aromatic N) is 1. The van der Waals surface area contributed by atoms with Crippen LogP contribution in [0, 0.1) is 0 Å². The van der Waals surface area contributed by atoms with Gasteiger partial charge in [-0.15, -0.1) is 0 Å². The van der Waals surface area contributed by atoms with Gasteiger partial charge in [-0.1, -0.05) is 11.6 Å². The van der Waals surface area contributed by atoms with Crippen molar-refractivity contribution >= 4 is 29.1 Å². The van der Waals surface area contributed by atoms with Crippen LogP contribution in [0.2, 0.25) is 5.02 Å². The zero-order chi connectivity index (χ0) is 13.5. The summed E-state index contributed by atoms with van der Waals surface area (Å²) in [6, 6.07) is 6.45. The molecule has 0 spiro atoms. The maximum atomic E-state index is 11.7. The Bertz CT molecular complexity index is 420. The summed E-state index contributed by atoms with van der Waals surface area (Å²) in [7, 11) is 0. The van der Waals surface area contributed by atoms with Crippen LogP contribution in [0.5, 0.6) is 0 Å². The van der Waals surface area contributed by atoms with E-state index < -0.39 is 11.8 Å². The summed E-state index contributed by atoms with van der Waals surface area (Å²) in [6.45, 7) is 2.08. The maximum absolute atomic E-state index is 11.7. The molecule has 0 unspecified atom stereocenters. The number of hydrogen-bond donors (Lipinski definition) is 2. The number of carbonyl (C=O) groups is 2. The molecule has 1 aromatic rings. The van der Waals surface area contributed by atoms with Crippen molar-refractivity contribution in [1.29, 1.82) is 0 Å². The van der Waals surface area contributed by atoms with Gasteiger partial charge in [0.25, 0.3) is 0 Å². The fourth-order valence-corrected chi connectivity index (χ4v) is 1.51. The van der Waals surface area contributed by atoms with E-state index >= 15 is 0 Å². The van der Waals surface area contributed by atoms with Crippen molar-refractivity contribution in [3.8, 4) is 0 Å². The quantitative estimate of drug-likeness (QED) is 0.806. The summed E-state index contributed by atoms with van der Waals surface area (Å²) in [5.74, 6) is -1.39. The molecule has 0 saturated carbocycles. The lowest BCUT2D eigenvalue weighted by molar-refractivity contribution is -0.143. The summed E-state index contributed by atoms with van der Waals surface area (Å²) in [5, 5.41) is 11.8. The average Bonchev–Trinajstić information content (AvgIpc) is 2.37. The van der Waals surface area contributed by atoms with E-state index in [1.54, 1.807) is 31.2 Å². The Balaban J connectivity index is 2.64. The molecule has 0 aromatic heterocycles. The topological polar surface area (TPSA) is 69.6 Å². The Morgan fingerprint density at radius 1 is 1.33 bits per heavy atom. The number of amides is 2. The number of benzene rings is 1. The van der Waals surface area contributed by atoms with Crippen molar-refractivity contribution < 1.29 is 14.7 Å². The number of nitrogens with one attached hydrogen (secondary N) is 1. The first-order valence-electron chi connectivity index (χ1n) is 5.55. The molecule has 6 heteroatoms. The lowest BCUT2D eigenvalue weighted by Crippen LogP contribution is -2.41. The number of hydrogen-bond acceptors (Lipinski definition) is 3. The van der Waals surface area contributed by atoms with Gasteiger partial charge >= 0.3 is 11.8 Å². The summed E-state index contributed by atoms with van der Waals surface area (Å²) < 4.78 is 0. The fourth-order valence-electron chi connectivity index (χ4n) is 1.39. The third-order valence-corrected chi connectivity index (χ3v) is 2.59. The Labute approximate surface area is 110 Å². The van der Waals surface area contributed by atoms with Gasteiger partial charge in [0, 0.05) is 23.8 Å². The SMILES string of the molecule is CCN(CCO)C(=O)C(=O)Nc1ccc(Cl)cc1. The zero-order valence-electron chi connectivity index (χ0n) is 10.0. The number of carbonyl (C=O) groups excluding carboxylic acids is 2. The molecule has 1 rings (SSSR count). The molecule has 2 amide bonds. The molecule has 0 aliphatic rings. The van der Waals surface area contributed by atoms with Crippen LogP contribution >= 0.6 is 11.6 Å². The highest BCUT2D eigenvalue weighted by Gasteiger charge is 2.19. The third-order valence-electron chi connectivity index (χ3n) is 2.34. The minimum Gasteiger partial charge on any atom is -0.395 e. The summed E-state index contributed by atoms with van der Waals surface area (Å²) in [6.07, 6.45) is 0. The van der Waals surface area contributed by atoms with Gasteiger partial charge in [0.2, 0.25) is 0 Å². The van der Waals surface area contributed by atoms with Gasteiger partial charge in [0.1, 0.15) is 0 Å². The highest BCUT2D eigenvalue weighted by Crippen LogP contribution is 2.13. The lowest BCUT2D eigenvalue weighted by Gasteiger charge is -2.18. The summed E-state index contributed by atoms with van der Waals surface area (Å²) in [4.78, 5) is 24.6. The Morgan fingerprint density at radius 3 is 2.44 bits per heavy atom. The van der Waals surface area contributed by atoms with Crippen molar-refractivity contribution in [1.82, 2.24) is 4.90 Å². The molecular weight excluding hydrogens is 256 g/mol. The van der Waals surface area contributed by atoms with E-state index in [2.05, 4.69) is 5.32 Å². The van der Waals surface area contributed by atoms with Crippen molar-refractivity contribution in [3.05, 3.63) is 29.3 Å². The molecular formula is C12H15ClN2O3. The molecule has 0 aliphatic carbocycles. The van der Waals surface area contributed by atoms with Gasteiger partial charge in [-0.2, -0.15) is 0 Å². The van der Waals surface area contributed by atoms with Crippen LogP contribution in [-0.4, -0.2) is 41.5 Å². The molecule has 98 valence electrons. The molecule has 0 heterocycles. The Hall–Kier alpha value is -1.59. The first kappa shape index (κ1) is 14.5. The van der Waals surface area contributed by atoms with E-state index in [0.717, 1.165) is 0 Å². The van der Waals surface area contributed by atoms with Crippen LogP contribution in [0.25, 0.3) is 0 Å². The average molecular weight is 271 g/mol. The van der Waals surface area contributed by atoms with Crippen molar-refractivity contribution in [2.24, 2.45) is 0 Å². The normalized spacial score (nSPS) is 9.94. The van der Waals surface area contributed by atoms with Gasteiger partial charge in [-0.25, -0.2) is 0 Å². The van der Waals surface area contributed by atoms with Crippen LogP contribution in [0.15, 0.2) is 24.3 Å². The van der Waals surface area contributed by atoms with Crippen LogP contribution < -0.4 is 5.32 Å². The molecule has 0 saturated heterocycles. The second-order valence-corrected chi connectivity index (χ2v) is 4.01. The van der Waals surface area contributed by atoms with E-state index in [0.29, 0.717) is 17.3 Å².